The summed E-state index contributed by atoms with van der Waals surface area (Å²) in [5.41, 5.74) is 16.8. The summed E-state index contributed by atoms with van der Waals surface area (Å²) in [5, 5.41) is 0.555. The van der Waals surface area contributed by atoms with Gasteiger partial charge in [0.15, 0.2) is 6.29 Å². The lowest BCUT2D eigenvalue weighted by Crippen LogP contribution is -2.30. The molecule has 0 aliphatic heterocycles. The third-order valence-corrected chi connectivity index (χ3v) is 4.14. The topological polar surface area (TPSA) is 115 Å². The Morgan fingerprint density at radius 3 is 2.23 bits per heavy atom. The molecule has 1 aliphatic rings. The number of nitrogen functional groups attached to an aromatic ring is 1. The summed E-state index contributed by atoms with van der Waals surface area (Å²) in [6.45, 7) is 0. The second kappa shape index (κ2) is 13.2. The Morgan fingerprint density at radius 1 is 1.19 bits per heavy atom. The molecule has 146 valence electrons. The Kier molecular flexibility index (Phi) is 12.2. The molecule has 7 heteroatoms. The molecule has 1 aromatic rings. The second-order valence-electron chi connectivity index (χ2n) is 6.10. The summed E-state index contributed by atoms with van der Waals surface area (Å²) in [6, 6.07) is 4.99. The van der Waals surface area contributed by atoms with E-state index in [1.54, 1.807) is 23.1 Å². The molecule has 6 N–H and O–H groups in total. The van der Waals surface area contributed by atoms with Crippen LogP contribution in [0, 0.1) is 5.92 Å². The number of aldehydes is 1. The van der Waals surface area contributed by atoms with Gasteiger partial charge in [0.2, 0.25) is 5.91 Å². The maximum absolute atomic E-state index is 11.4. The molecule has 0 atom stereocenters. The smallest absolute Gasteiger partial charge is 0.225 e. The fourth-order valence-corrected chi connectivity index (χ4v) is 2.79. The lowest BCUT2D eigenvalue weighted by atomic mass is 9.88. The third-order valence-electron chi connectivity index (χ3n) is 3.90. The van der Waals surface area contributed by atoms with Crippen molar-refractivity contribution in [1.29, 1.82) is 0 Å². The van der Waals surface area contributed by atoms with Gasteiger partial charge < -0.3 is 22.1 Å². The van der Waals surface area contributed by atoms with Gasteiger partial charge in [-0.1, -0.05) is 36.9 Å². The van der Waals surface area contributed by atoms with Crippen LogP contribution in [0.25, 0.3) is 6.08 Å². The molecule has 0 heterocycles. The molecular formula is C19H31ClN4O2. The van der Waals surface area contributed by atoms with E-state index >= 15 is 0 Å². The van der Waals surface area contributed by atoms with Gasteiger partial charge >= 0.3 is 0 Å². The predicted octanol–water partition coefficient (Wildman–Crippen LogP) is 2.65. The molecule has 1 aromatic carbocycles. The Morgan fingerprint density at radius 2 is 1.77 bits per heavy atom. The fourth-order valence-electron chi connectivity index (χ4n) is 2.61. The summed E-state index contributed by atoms with van der Waals surface area (Å²) < 4.78 is 0. The average Bonchev–Trinajstić information content (AvgIpc) is 2.66. The van der Waals surface area contributed by atoms with E-state index in [0.29, 0.717) is 34.4 Å². The van der Waals surface area contributed by atoms with Crippen LogP contribution in [0.4, 0.5) is 5.69 Å². The van der Waals surface area contributed by atoms with Crippen LogP contribution in [0.2, 0.25) is 5.02 Å². The van der Waals surface area contributed by atoms with Crippen LogP contribution in [-0.4, -0.2) is 38.2 Å². The number of amides is 1. The van der Waals surface area contributed by atoms with E-state index in [9.17, 15) is 9.59 Å². The number of rotatable bonds is 3. The highest BCUT2D eigenvalue weighted by Gasteiger charge is 2.21. The summed E-state index contributed by atoms with van der Waals surface area (Å²) >= 11 is 5.69. The fraction of sp³-hybridized carbons (Fsp3) is 0.474. The molecule has 0 saturated heterocycles. The van der Waals surface area contributed by atoms with E-state index in [0.717, 1.165) is 12.8 Å². The zero-order chi connectivity index (χ0) is 20.1. The third kappa shape index (κ3) is 8.87. The molecule has 0 unspecified atom stereocenters. The number of carbonyl (C=O) groups is 2. The van der Waals surface area contributed by atoms with Crippen molar-refractivity contribution in [2.24, 2.45) is 17.4 Å². The molecule has 0 radical (unpaired) electrons. The monoisotopic (exact) mass is 382 g/mol. The molecule has 1 amide bonds. The minimum absolute atomic E-state index is 0.133. The van der Waals surface area contributed by atoms with Gasteiger partial charge in [-0.15, -0.1) is 0 Å². The number of nitrogens with zero attached hydrogens (tertiary/aromatic N) is 1. The van der Waals surface area contributed by atoms with Crippen LogP contribution >= 0.6 is 11.6 Å². The first kappa shape index (κ1) is 23.9. The second-order valence-corrected chi connectivity index (χ2v) is 6.54. The van der Waals surface area contributed by atoms with Crippen LogP contribution < -0.4 is 17.2 Å². The Labute approximate surface area is 161 Å². The first-order valence-corrected chi connectivity index (χ1v) is 8.99. The van der Waals surface area contributed by atoms with Crippen molar-refractivity contribution in [3.8, 4) is 0 Å². The Hall–Kier alpha value is -2.05. The molecule has 0 spiro atoms. The number of hydrogen-bond acceptors (Lipinski definition) is 5. The van der Waals surface area contributed by atoms with Gasteiger partial charge in [-0.3, -0.25) is 9.59 Å². The van der Waals surface area contributed by atoms with E-state index in [2.05, 4.69) is 5.73 Å². The number of nitrogens with two attached hydrogens (primary N) is 3. The number of benzene rings is 1. The zero-order valence-electron chi connectivity index (χ0n) is 15.9. The highest BCUT2D eigenvalue weighted by molar-refractivity contribution is 6.30. The van der Waals surface area contributed by atoms with Crippen molar-refractivity contribution in [3.63, 3.8) is 0 Å². The molecule has 1 saturated carbocycles. The number of allylic oxidation sites excluding steroid dienone is 1. The minimum atomic E-state index is 0.133. The number of anilines is 1. The van der Waals surface area contributed by atoms with Crippen LogP contribution in [0.15, 0.2) is 23.9 Å². The van der Waals surface area contributed by atoms with Crippen molar-refractivity contribution >= 4 is 35.6 Å². The number of carbonyl (C=O) groups excluding carboxylic acids is 2. The number of halogens is 1. The Balaban J connectivity index is 0.000000444. The van der Waals surface area contributed by atoms with Crippen molar-refractivity contribution in [3.05, 3.63) is 34.5 Å². The predicted molar refractivity (Wildman–Crippen MR) is 109 cm³/mol. The summed E-state index contributed by atoms with van der Waals surface area (Å²) in [5.74, 6) is 0.656. The molecule has 1 fully saturated rings. The van der Waals surface area contributed by atoms with Crippen LogP contribution in [0.5, 0.6) is 0 Å². The van der Waals surface area contributed by atoms with Gasteiger partial charge in [0.25, 0.3) is 0 Å². The normalized spacial score (nSPS) is 14.3. The van der Waals surface area contributed by atoms with Crippen LogP contribution in [-0.2, 0) is 9.59 Å². The van der Waals surface area contributed by atoms with Crippen molar-refractivity contribution in [2.45, 2.75) is 32.1 Å². The SMILES string of the molecule is CN.CN(C)C(=O)C1CCCCC1.N/C(C=O)=C\c1ccc(Cl)cc1N. The first-order chi connectivity index (χ1) is 12.3. The van der Waals surface area contributed by atoms with Gasteiger partial charge in [0, 0.05) is 30.7 Å². The van der Waals surface area contributed by atoms with E-state index in [4.69, 9.17) is 23.1 Å². The van der Waals surface area contributed by atoms with Gasteiger partial charge in [0.1, 0.15) is 0 Å². The average molecular weight is 383 g/mol. The van der Waals surface area contributed by atoms with Gasteiger partial charge in [-0.25, -0.2) is 0 Å². The minimum Gasteiger partial charge on any atom is -0.398 e. The van der Waals surface area contributed by atoms with E-state index < -0.39 is 0 Å². The summed E-state index contributed by atoms with van der Waals surface area (Å²) in [6.07, 6.45) is 8.08. The Bertz CT molecular complexity index is 597. The van der Waals surface area contributed by atoms with Crippen LogP contribution in [0.1, 0.15) is 37.7 Å². The van der Waals surface area contributed by atoms with E-state index in [1.165, 1.54) is 32.4 Å². The van der Waals surface area contributed by atoms with Gasteiger partial charge in [-0.05, 0) is 43.7 Å². The maximum atomic E-state index is 11.4. The van der Waals surface area contributed by atoms with Crippen molar-refractivity contribution in [1.82, 2.24) is 4.90 Å². The highest BCUT2D eigenvalue weighted by Crippen LogP contribution is 2.24. The van der Waals surface area contributed by atoms with Crippen LogP contribution in [0.3, 0.4) is 0 Å². The molecule has 2 rings (SSSR count). The van der Waals surface area contributed by atoms with Crippen molar-refractivity contribution in [2.75, 3.05) is 26.9 Å². The maximum Gasteiger partial charge on any atom is 0.225 e. The zero-order valence-corrected chi connectivity index (χ0v) is 16.6. The number of hydrogen-bond donors (Lipinski definition) is 3. The van der Waals surface area contributed by atoms with Crippen molar-refractivity contribution < 1.29 is 9.59 Å². The molecule has 1 aliphatic carbocycles. The molecule has 6 nitrogen and oxygen atoms in total. The lowest BCUT2D eigenvalue weighted by Gasteiger charge is -2.23. The largest absolute Gasteiger partial charge is 0.398 e. The van der Waals surface area contributed by atoms with Gasteiger partial charge in [-0.2, -0.15) is 0 Å². The summed E-state index contributed by atoms with van der Waals surface area (Å²) in [7, 11) is 5.19. The molecule has 0 bridgehead atoms. The highest BCUT2D eigenvalue weighted by atomic mass is 35.5. The standard InChI is InChI=1S/C9H9ClN2O.C9H17NO.CH5N/c10-7-2-1-6(9(12)4-7)3-8(11)5-13;1-10(2)9(11)8-6-4-3-5-7-8;1-2/h1-5H,11-12H2;8H,3-7H2,1-2H3;2H2,1H3/b8-3-;;. The molecule has 26 heavy (non-hydrogen) atoms. The van der Waals surface area contributed by atoms with E-state index in [-0.39, 0.29) is 5.70 Å². The first-order valence-electron chi connectivity index (χ1n) is 8.61. The molecule has 0 aromatic heterocycles. The van der Waals surface area contributed by atoms with Gasteiger partial charge in [0.05, 0.1) is 5.70 Å². The van der Waals surface area contributed by atoms with E-state index in [1.807, 2.05) is 14.1 Å². The quantitative estimate of drug-likeness (QED) is 0.422. The molecular weight excluding hydrogens is 352 g/mol. The summed E-state index contributed by atoms with van der Waals surface area (Å²) in [4.78, 5) is 23.4. The lowest BCUT2D eigenvalue weighted by molar-refractivity contribution is -0.133.